The van der Waals surface area contributed by atoms with Crippen molar-refractivity contribution in [3.8, 4) is 10.6 Å². The molecule has 0 saturated carbocycles. The topological polar surface area (TPSA) is 102 Å². The molecule has 1 aliphatic carbocycles. The number of alkyl halides is 3. The van der Waals surface area contributed by atoms with Crippen LogP contribution in [0.4, 0.5) is 18.2 Å². The number of aromatic nitrogens is 3. The number of anilines is 1. The Morgan fingerprint density at radius 3 is 2.59 bits per heavy atom. The van der Waals surface area contributed by atoms with Gasteiger partial charge in [0.2, 0.25) is 0 Å². The number of amides is 2. The highest BCUT2D eigenvalue weighted by Gasteiger charge is 2.36. The molecule has 4 heterocycles. The smallest absolute Gasteiger partial charge is 0.365 e. The fourth-order valence-corrected chi connectivity index (χ4v) is 6.69. The van der Waals surface area contributed by atoms with E-state index in [2.05, 4.69) is 36.2 Å². The summed E-state index contributed by atoms with van der Waals surface area (Å²) in [6.07, 6.45) is -2.40. The molecule has 0 spiro atoms. The van der Waals surface area contributed by atoms with Crippen LogP contribution >= 0.6 is 22.7 Å². The first kappa shape index (κ1) is 25.4. The number of nitrogens with two attached hydrogens (primary N) is 1. The van der Waals surface area contributed by atoms with Crippen LogP contribution in [0, 0.1) is 11.3 Å². The highest BCUT2D eigenvalue weighted by atomic mass is 32.1. The summed E-state index contributed by atoms with van der Waals surface area (Å²) in [7, 11) is 0. The predicted octanol–water partition coefficient (Wildman–Crippen LogP) is 6.04. The van der Waals surface area contributed by atoms with Crippen molar-refractivity contribution in [3.63, 3.8) is 0 Å². The molecular weight excluding hydrogens is 523 g/mol. The van der Waals surface area contributed by atoms with Gasteiger partial charge in [0, 0.05) is 10.9 Å². The van der Waals surface area contributed by atoms with Gasteiger partial charge in [-0.3, -0.25) is 9.59 Å². The van der Waals surface area contributed by atoms with Crippen molar-refractivity contribution >= 4 is 45.1 Å². The highest BCUT2D eigenvalue weighted by Crippen LogP contribution is 2.44. The second kappa shape index (κ2) is 8.95. The van der Waals surface area contributed by atoms with Crippen LogP contribution in [0.2, 0.25) is 0 Å². The van der Waals surface area contributed by atoms with Crippen LogP contribution < -0.4 is 11.1 Å². The first-order valence-corrected chi connectivity index (χ1v) is 13.3. The molecule has 1 unspecified atom stereocenters. The van der Waals surface area contributed by atoms with Crippen molar-refractivity contribution in [2.75, 3.05) is 5.32 Å². The Kier molecular flexibility index (Phi) is 6.14. The normalized spacial score (nSPS) is 16.1. The van der Waals surface area contributed by atoms with Gasteiger partial charge >= 0.3 is 6.18 Å². The Bertz CT molecular complexity index is 1510. The zero-order chi connectivity index (χ0) is 26.7. The quantitative estimate of drug-likeness (QED) is 0.325. The largest absolute Gasteiger partial charge is 0.433 e. The number of carbonyl (C=O) groups excluding carboxylic acids is 2. The molecule has 5 rings (SSSR count). The van der Waals surface area contributed by atoms with Gasteiger partial charge in [-0.25, -0.2) is 9.50 Å². The lowest BCUT2D eigenvalue weighted by atomic mass is 9.72. The average Bonchev–Trinajstić information content (AvgIpc) is 3.53. The number of hydrogen-bond acceptors (Lipinski definition) is 6. The van der Waals surface area contributed by atoms with E-state index in [0.717, 1.165) is 29.3 Å². The lowest BCUT2D eigenvalue weighted by Gasteiger charge is -2.33. The number of fused-ring (bicyclic) bond motifs is 2. The van der Waals surface area contributed by atoms with Crippen molar-refractivity contribution in [2.24, 2.45) is 17.1 Å². The molecule has 3 N–H and O–H groups in total. The van der Waals surface area contributed by atoms with Gasteiger partial charge in [-0.05, 0) is 53.7 Å². The van der Waals surface area contributed by atoms with Gasteiger partial charge < -0.3 is 11.1 Å². The summed E-state index contributed by atoms with van der Waals surface area (Å²) in [4.78, 5) is 31.3. The summed E-state index contributed by atoms with van der Waals surface area (Å²) < 4.78 is 42.2. The molecule has 0 bridgehead atoms. The van der Waals surface area contributed by atoms with E-state index in [1.54, 1.807) is 17.5 Å². The Balaban J connectivity index is 1.51. The van der Waals surface area contributed by atoms with E-state index in [-0.39, 0.29) is 33.0 Å². The first-order valence-electron chi connectivity index (χ1n) is 11.6. The van der Waals surface area contributed by atoms with Crippen molar-refractivity contribution < 1.29 is 22.8 Å². The summed E-state index contributed by atoms with van der Waals surface area (Å²) in [5.41, 5.74) is 5.58. The van der Waals surface area contributed by atoms with Gasteiger partial charge in [-0.15, -0.1) is 22.7 Å². The summed E-state index contributed by atoms with van der Waals surface area (Å²) in [6.45, 7) is 6.51. The lowest BCUT2D eigenvalue weighted by Crippen LogP contribution is -2.27. The molecule has 2 amide bonds. The van der Waals surface area contributed by atoms with Crippen LogP contribution in [0.25, 0.3) is 16.2 Å². The number of primary amides is 1. The number of nitrogens with one attached hydrogen (secondary N) is 1. The second-order valence-corrected chi connectivity index (χ2v) is 12.2. The molecule has 0 aromatic carbocycles. The zero-order valence-electron chi connectivity index (χ0n) is 20.3. The number of thiophene rings is 2. The van der Waals surface area contributed by atoms with E-state index in [4.69, 9.17) is 5.73 Å². The monoisotopic (exact) mass is 547 g/mol. The Morgan fingerprint density at radius 1 is 1.22 bits per heavy atom. The SMILES string of the molecule is CC(C)(C)C1CCc2c(sc(NC(=O)c3cc4nc(-c5cccs5)cc(C(F)(F)F)n4n3)c2C(N)=O)C1. The van der Waals surface area contributed by atoms with Crippen LogP contribution in [0.1, 0.15) is 64.2 Å². The maximum Gasteiger partial charge on any atom is 0.433 e. The first-order chi connectivity index (χ1) is 17.3. The molecule has 4 aromatic heterocycles. The number of nitrogens with zero attached hydrogens (tertiary/aromatic N) is 3. The van der Waals surface area contributed by atoms with Crippen LogP contribution in [-0.2, 0) is 19.0 Å². The molecule has 194 valence electrons. The molecule has 0 aliphatic heterocycles. The van der Waals surface area contributed by atoms with Gasteiger partial charge in [0.1, 0.15) is 5.00 Å². The van der Waals surface area contributed by atoms with Gasteiger partial charge in [-0.2, -0.15) is 18.3 Å². The minimum Gasteiger partial charge on any atom is -0.365 e. The van der Waals surface area contributed by atoms with Gasteiger partial charge in [0.15, 0.2) is 17.0 Å². The molecule has 0 fully saturated rings. The third-order valence-electron chi connectivity index (χ3n) is 6.69. The van der Waals surface area contributed by atoms with E-state index in [9.17, 15) is 22.8 Å². The summed E-state index contributed by atoms with van der Waals surface area (Å²) >= 11 is 2.54. The fourth-order valence-electron chi connectivity index (χ4n) is 4.68. The minimum absolute atomic E-state index is 0.0830. The van der Waals surface area contributed by atoms with Crippen LogP contribution in [0.5, 0.6) is 0 Å². The Morgan fingerprint density at radius 2 is 1.97 bits per heavy atom. The standard InChI is InChI=1S/C25H24F3N5O2S2/c1-24(2,3)12-6-7-13-17(9-12)37-23(20(13)21(29)34)31-22(35)15-11-19-30-14(16-5-4-8-36-16)10-18(25(26,27)28)33(19)32-15/h4-5,8,10-12H,6-7,9H2,1-3H3,(H2,29,34)(H,31,35). The molecule has 12 heteroatoms. The van der Waals surface area contributed by atoms with E-state index < -0.39 is 23.7 Å². The van der Waals surface area contributed by atoms with Crippen molar-refractivity contribution in [1.29, 1.82) is 0 Å². The zero-order valence-corrected chi connectivity index (χ0v) is 21.9. The maximum absolute atomic E-state index is 13.8. The Hall–Kier alpha value is -3.25. The average molecular weight is 548 g/mol. The third-order valence-corrected chi connectivity index (χ3v) is 8.75. The van der Waals surface area contributed by atoms with E-state index >= 15 is 0 Å². The molecule has 7 nitrogen and oxygen atoms in total. The lowest BCUT2D eigenvalue weighted by molar-refractivity contribution is -0.142. The molecular formula is C25H24F3N5O2S2. The van der Waals surface area contributed by atoms with E-state index in [1.165, 1.54) is 28.7 Å². The second-order valence-electron chi connectivity index (χ2n) is 10.1. The van der Waals surface area contributed by atoms with Crippen molar-refractivity contribution in [2.45, 2.75) is 46.2 Å². The van der Waals surface area contributed by atoms with Crippen LogP contribution in [-0.4, -0.2) is 26.4 Å². The molecule has 0 radical (unpaired) electrons. The van der Waals surface area contributed by atoms with Gasteiger partial charge in [-0.1, -0.05) is 26.8 Å². The summed E-state index contributed by atoms with van der Waals surface area (Å²) in [5.74, 6) is -0.992. The predicted molar refractivity (Wildman–Crippen MR) is 137 cm³/mol. The highest BCUT2D eigenvalue weighted by molar-refractivity contribution is 7.17. The summed E-state index contributed by atoms with van der Waals surface area (Å²) in [6, 6.07) is 5.50. The van der Waals surface area contributed by atoms with Crippen LogP contribution in [0.3, 0.4) is 0 Å². The van der Waals surface area contributed by atoms with Crippen molar-refractivity contribution in [1.82, 2.24) is 14.6 Å². The number of rotatable bonds is 4. The molecule has 4 aromatic rings. The number of carbonyl (C=O) groups is 2. The molecule has 1 atom stereocenters. The molecule has 0 saturated heterocycles. The van der Waals surface area contributed by atoms with Gasteiger partial charge in [0.25, 0.3) is 11.8 Å². The third kappa shape index (κ3) is 4.75. The number of halogens is 3. The summed E-state index contributed by atoms with van der Waals surface area (Å²) in [5, 5.41) is 8.62. The van der Waals surface area contributed by atoms with E-state index in [0.29, 0.717) is 21.7 Å². The molecule has 1 aliphatic rings. The minimum atomic E-state index is -4.72. The van der Waals surface area contributed by atoms with Crippen molar-refractivity contribution in [3.05, 3.63) is 57.0 Å². The van der Waals surface area contributed by atoms with Crippen LogP contribution in [0.15, 0.2) is 29.6 Å². The Labute approximate surface area is 218 Å². The molecule has 37 heavy (non-hydrogen) atoms. The number of hydrogen-bond donors (Lipinski definition) is 2. The van der Waals surface area contributed by atoms with E-state index in [1.807, 2.05) is 0 Å². The maximum atomic E-state index is 13.8. The van der Waals surface area contributed by atoms with Gasteiger partial charge in [0.05, 0.1) is 16.1 Å². The fraction of sp³-hybridized carbons (Fsp3) is 0.360.